The Morgan fingerprint density at radius 2 is 1.46 bits per heavy atom. The number of rotatable bonds is 5. The van der Waals surface area contributed by atoms with Gasteiger partial charge in [0.2, 0.25) is 0 Å². The van der Waals surface area contributed by atoms with E-state index in [2.05, 4.69) is 5.32 Å². The van der Waals surface area contributed by atoms with Crippen molar-refractivity contribution >= 4 is 62.3 Å². The van der Waals surface area contributed by atoms with Crippen LogP contribution in [0.15, 0.2) is 36.4 Å². The molecule has 26 heavy (non-hydrogen) atoms. The largest absolute Gasteiger partial charge is 0.321 e. The first kappa shape index (κ1) is 20.8. The van der Waals surface area contributed by atoms with E-state index in [1.165, 1.54) is 57.5 Å². The second-order valence-corrected chi connectivity index (χ2v) is 8.90. The Bertz CT molecular complexity index is 932. The van der Waals surface area contributed by atoms with Crippen molar-refractivity contribution in [1.29, 1.82) is 0 Å². The van der Waals surface area contributed by atoms with Gasteiger partial charge >= 0.3 is 10.2 Å². The minimum atomic E-state index is -3.60. The lowest BCUT2D eigenvalue weighted by Gasteiger charge is -2.23. The molecular weight excluding hydrogens is 421 g/mol. The van der Waals surface area contributed by atoms with Crippen LogP contribution in [-0.2, 0) is 10.2 Å². The zero-order chi connectivity index (χ0) is 19.6. The van der Waals surface area contributed by atoms with E-state index in [0.29, 0.717) is 16.9 Å². The number of nitrogens with one attached hydrogen (secondary N) is 1. The van der Waals surface area contributed by atoms with Gasteiger partial charge in [-0.1, -0.05) is 34.8 Å². The molecule has 0 saturated carbocycles. The Balaban J connectivity index is 2.21. The van der Waals surface area contributed by atoms with Crippen molar-refractivity contribution < 1.29 is 13.2 Å². The molecule has 0 saturated heterocycles. The molecule has 0 spiro atoms. The van der Waals surface area contributed by atoms with Gasteiger partial charge in [-0.15, -0.1) is 0 Å². The van der Waals surface area contributed by atoms with Crippen LogP contribution in [0.2, 0.25) is 15.1 Å². The number of hydrogen-bond acceptors (Lipinski definition) is 3. The van der Waals surface area contributed by atoms with Gasteiger partial charge in [0, 0.05) is 26.7 Å². The number of anilines is 2. The third-order valence-corrected chi connectivity index (χ3v) is 6.42. The maximum absolute atomic E-state index is 12.4. The van der Waals surface area contributed by atoms with Crippen LogP contribution in [0.25, 0.3) is 0 Å². The van der Waals surface area contributed by atoms with Crippen molar-refractivity contribution in [2.24, 2.45) is 0 Å². The predicted molar refractivity (Wildman–Crippen MR) is 107 cm³/mol. The molecule has 0 bridgehead atoms. The van der Waals surface area contributed by atoms with Gasteiger partial charge in [-0.25, -0.2) is 0 Å². The summed E-state index contributed by atoms with van der Waals surface area (Å²) >= 11 is 17.8. The molecule has 10 heteroatoms. The Labute approximate surface area is 167 Å². The van der Waals surface area contributed by atoms with Crippen LogP contribution < -0.4 is 9.62 Å². The van der Waals surface area contributed by atoms with Gasteiger partial charge < -0.3 is 5.32 Å². The number of carbonyl (C=O) groups excluding carboxylic acids is 1. The van der Waals surface area contributed by atoms with E-state index in [1.807, 2.05) is 0 Å². The van der Waals surface area contributed by atoms with E-state index in [0.717, 1.165) is 8.61 Å². The average molecular weight is 437 g/mol. The quantitative estimate of drug-likeness (QED) is 0.716. The van der Waals surface area contributed by atoms with Crippen molar-refractivity contribution in [3.8, 4) is 0 Å². The highest BCUT2D eigenvalue weighted by molar-refractivity contribution is 7.90. The van der Waals surface area contributed by atoms with Crippen molar-refractivity contribution in [2.75, 3.05) is 30.8 Å². The molecule has 2 aromatic carbocycles. The van der Waals surface area contributed by atoms with E-state index in [4.69, 9.17) is 34.8 Å². The summed E-state index contributed by atoms with van der Waals surface area (Å²) in [7, 11) is 0.704. The molecule has 2 rings (SSSR count). The zero-order valence-corrected chi connectivity index (χ0v) is 17.2. The molecule has 140 valence electrons. The first-order valence-electron chi connectivity index (χ1n) is 7.26. The minimum Gasteiger partial charge on any atom is -0.321 e. The number of nitrogens with zero attached hydrogens (tertiary/aromatic N) is 2. The molecule has 6 nitrogen and oxygen atoms in total. The Morgan fingerprint density at radius 3 is 2.00 bits per heavy atom. The molecule has 0 atom stereocenters. The molecule has 1 amide bonds. The molecule has 0 heterocycles. The molecule has 0 fully saturated rings. The fraction of sp³-hybridized carbons (Fsp3) is 0.188. The summed E-state index contributed by atoms with van der Waals surface area (Å²) in [6, 6.07) is 8.98. The molecule has 0 aliphatic carbocycles. The molecule has 2 aromatic rings. The summed E-state index contributed by atoms with van der Waals surface area (Å²) < 4.78 is 26.5. The smallest absolute Gasteiger partial charge is 0.303 e. The summed E-state index contributed by atoms with van der Waals surface area (Å²) in [4.78, 5) is 12.4. The SMILES string of the molecule is CN(C)S(=O)(=O)N(C)c1ccc(C(=O)Nc2cc(Cl)c(Cl)cc2Cl)cc1. The Morgan fingerprint density at radius 1 is 0.923 bits per heavy atom. The van der Waals surface area contributed by atoms with Crippen LogP contribution in [0.1, 0.15) is 10.4 Å². The highest BCUT2D eigenvalue weighted by Gasteiger charge is 2.21. The highest BCUT2D eigenvalue weighted by atomic mass is 35.5. The van der Waals surface area contributed by atoms with Gasteiger partial charge in [-0.2, -0.15) is 12.7 Å². The molecule has 0 aromatic heterocycles. The van der Waals surface area contributed by atoms with Crippen LogP contribution in [0, 0.1) is 0 Å². The highest BCUT2D eigenvalue weighted by Crippen LogP contribution is 2.32. The van der Waals surface area contributed by atoms with Gasteiger partial charge in [0.1, 0.15) is 0 Å². The fourth-order valence-corrected chi connectivity index (χ4v) is 3.49. The summed E-state index contributed by atoms with van der Waals surface area (Å²) in [5.74, 6) is -0.421. The molecule has 0 radical (unpaired) electrons. The van der Waals surface area contributed by atoms with E-state index < -0.39 is 16.1 Å². The summed E-state index contributed by atoms with van der Waals surface area (Å²) in [6.07, 6.45) is 0. The average Bonchev–Trinajstić information content (AvgIpc) is 2.58. The first-order valence-corrected chi connectivity index (χ1v) is 9.79. The van der Waals surface area contributed by atoms with Gasteiger partial charge in [-0.05, 0) is 36.4 Å². The summed E-state index contributed by atoms with van der Waals surface area (Å²) in [6.45, 7) is 0. The van der Waals surface area contributed by atoms with Gasteiger partial charge in [0.25, 0.3) is 5.91 Å². The third kappa shape index (κ3) is 4.42. The second kappa shape index (κ2) is 8.02. The fourth-order valence-electron chi connectivity index (χ4n) is 2.01. The standard InChI is InChI=1S/C16H16Cl3N3O3S/c1-21(2)26(24,25)22(3)11-6-4-10(5-7-11)16(23)20-15-9-13(18)12(17)8-14(15)19/h4-9H,1-3H3,(H,20,23). The van der Waals surface area contributed by atoms with Gasteiger partial charge in [0.05, 0.1) is 26.4 Å². The number of halogens is 3. The number of benzene rings is 2. The lowest BCUT2D eigenvalue weighted by atomic mass is 10.2. The van der Waals surface area contributed by atoms with E-state index in [-0.39, 0.29) is 15.1 Å². The summed E-state index contributed by atoms with van der Waals surface area (Å²) in [5.41, 5.74) is 1.07. The minimum absolute atomic E-state index is 0.251. The number of carbonyl (C=O) groups is 1. The molecule has 1 N–H and O–H groups in total. The van der Waals surface area contributed by atoms with Crippen molar-refractivity contribution in [1.82, 2.24) is 4.31 Å². The maximum atomic E-state index is 12.4. The van der Waals surface area contributed by atoms with Crippen molar-refractivity contribution in [2.45, 2.75) is 0 Å². The van der Waals surface area contributed by atoms with Crippen LogP contribution in [0.3, 0.4) is 0 Å². The normalized spacial score (nSPS) is 11.5. The van der Waals surface area contributed by atoms with E-state index in [1.54, 1.807) is 0 Å². The lowest BCUT2D eigenvalue weighted by molar-refractivity contribution is 0.102. The van der Waals surface area contributed by atoms with Crippen LogP contribution in [0.4, 0.5) is 11.4 Å². The van der Waals surface area contributed by atoms with Gasteiger partial charge in [-0.3, -0.25) is 9.10 Å². The molecule has 0 aliphatic heterocycles. The number of amides is 1. The predicted octanol–water partition coefficient (Wildman–Crippen LogP) is 4.14. The molecule has 0 aliphatic rings. The topological polar surface area (TPSA) is 69.7 Å². The third-order valence-electron chi connectivity index (χ3n) is 3.56. The van der Waals surface area contributed by atoms with Crippen LogP contribution in [-0.4, -0.2) is 39.8 Å². The monoisotopic (exact) mass is 435 g/mol. The lowest BCUT2D eigenvalue weighted by Crippen LogP contribution is -2.37. The number of hydrogen-bond donors (Lipinski definition) is 1. The van der Waals surface area contributed by atoms with E-state index >= 15 is 0 Å². The maximum Gasteiger partial charge on any atom is 0.303 e. The Kier molecular flexibility index (Phi) is 6.42. The molecular formula is C16H16Cl3N3O3S. The summed E-state index contributed by atoms with van der Waals surface area (Å²) in [5, 5.41) is 3.43. The van der Waals surface area contributed by atoms with Gasteiger partial charge in [0.15, 0.2) is 0 Å². The van der Waals surface area contributed by atoms with E-state index in [9.17, 15) is 13.2 Å². The van der Waals surface area contributed by atoms with Crippen molar-refractivity contribution in [3.63, 3.8) is 0 Å². The second-order valence-electron chi connectivity index (χ2n) is 5.50. The van der Waals surface area contributed by atoms with Crippen molar-refractivity contribution in [3.05, 3.63) is 57.0 Å². The Hall–Kier alpha value is -1.51. The first-order chi connectivity index (χ1) is 12.0. The van der Waals surface area contributed by atoms with Crippen LogP contribution in [0.5, 0.6) is 0 Å². The van der Waals surface area contributed by atoms with Crippen LogP contribution >= 0.6 is 34.8 Å². The zero-order valence-electron chi connectivity index (χ0n) is 14.1. The molecule has 0 unspecified atom stereocenters.